The van der Waals surface area contributed by atoms with Crippen molar-refractivity contribution in [1.82, 2.24) is 0 Å². The fraction of sp³-hybridized carbons (Fsp3) is 0.538. The fourth-order valence-electron chi connectivity index (χ4n) is 2.27. The van der Waals surface area contributed by atoms with Crippen molar-refractivity contribution in [3.8, 4) is 0 Å². The Kier molecular flexibility index (Phi) is 5.50. The van der Waals surface area contributed by atoms with E-state index in [1.807, 2.05) is 12.1 Å². The van der Waals surface area contributed by atoms with E-state index in [0.717, 1.165) is 18.8 Å². The van der Waals surface area contributed by atoms with Crippen LogP contribution < -0.4 is 10.6 Å². The summed E-state index contributed by atoms with van der Waals surface area (Å²) < 4.78 is 36.7. The van der Waals surface area contributed by atoms with Gasteiger partial charge in [0.2, 0.25) is 0 Å². The molecule has 1 heterocycles. The highest BCUT2D eigenvalue weighted by Gasteiger charge is 2.30. The third kappa shape index (κ3) is 4.58. The SMILES string of the molecule is Cl.N[C@H](CC(F)(F)F)c1ccc(N2CCCC2)cc1. The predicted octanol–water partition coefficient (Wildman–Crippen LogP) is 3.66. The van der Waals surface area contributed by atoms with Crippen LogP contribution in [0.4, 0.5) is 18.9 Å². The average Bonchev–Trinajstić information content (AvgIpc) is 2.80. The Balaban J connectivity index is 0.00000180. The second-order valence-electron chi connectivity index (χ2n) is 4.71. The first-order valence-corrected chi connectivity index (χ1v) is 6.13. The van der Waals surface area contributed by atoms with Crippen LogP contribution in [0.1, 0.15) is 30.9 Å². The van der Waals surface area contributed by atoms with Crippen LogP contribution in [0.25, 0.3) is 0 Å². The molecule has 0 saturated carbocycles. The zero-order valence-electron chi connectivity index (χ0n) is 10.5. The largest absolute Gasteiger partial charge is 0.390 e. The molecule has 2 nitrogen and oxygen atoms in total. The van der Waals surface area contributed by atoms with Crippen molar-refractivity contribution in [3.63, 3.8) is 0 Å². The molecule has 1 aliphatic heterocycles. The van der Waals surface area contributed by atoms with Crippen LogP contribution in [-0.4, -0.2) is 19.3 Å². The summed E-state index contributed by atoms with van der Waals surface area (Å²) in [6.45, 7) is 2.04. The van der Waals surface area contributed by atoms with E-state index in [0.29, 0.717) is 5.56 Å². The van der Waals surface area contributed by atoms with Crippen molar-refractivity contribution in [2.45, 2.75) is 31.5 Å². The van der Waals surface area contributed by atoms with E-state index in [-0.39, 0.29) is 12.4 Å². The van der Waals surface area contributed by atoms with Crippen LogP contribution in [0, 0.1) is 0 Å². The van der Waals surface area contributed by atoms with Crippen LogP contribution in [0.15, 0.2) is 24.3 Å². The van der Waals surface area contributed by atoms with E-state index in [1.165, 1.54) is 12.8 Å². The van der Waals surface area contributed by atoms with E-state index in [2.05, 4.69) is 4.90 Å². The van der Waals surface area contributed by atoms with Gasteiger partial charge in [-0.2, -0.15) is 13.2 Å². The Bertz CT molecular complexity index is 386. The van der Waals surface area contributed by atoms with Crippen molar-refractivity contribution < 1.29 is 13.2 Å². The van der Waals surface area contributed by atoms with Crippen LogP contribution in [0.3, 0.4) is 0 Å². The van der Waals surface area contributed by atoms with E-state index in [1.54, 1.807) is 12.1 Å². The summed E-state index contributed by atoms with van der Waals surface area (Å²) >= 11 is 0. The zero-order valence-corrected chi connectivity index (χ0v) is 11.3. The van der Waals surface area contributed by atoms with Gasteiger partial charge in [0.05, 0.1) is 6.42 Å². The van der Waals surface area contributed by atoms with Crippen LogP contribution in [-0.2, 0) is 0 Å². The number of nitrogens with zero attached hydrogens (tertiary/aromatic N) is 1. The number of halogens is 4. The quantitative estimate of drug-likeness (QED) is 0.922. The minimum absolute atomic E-state index is 0. The number of hydrogen-bond donors (Lipinski definition) is 1. The number of alkyl halides is 3. The van der Waals surface area contributed by atoms with Crippen molar-refractivity contribution in [1.29, 1.82) is 0 Å². The summed E-state index contributed by atoms with van der Waals surface area (Å²) in [5.74, 6) is 0. The second kappa shape index (κ2) is 6.48. The molecule has 2 N–H and O–H groups in total. The monoisotopic (exact) mass is 294 g/mol. The lowest BCUT2D eigenvalue weighted by molar-refractivity contribution is -0.138. The minimum Gasteiger partial charge on any atom is -0.372 e. The Hall–Kier alpha value is -0.940. The maximum absolute atomic E-state index is 12.2. The normalized spacial score (nSPS) is 17.2. The Morgan fingerprint density at radius 3 is 2.11 bits per heavy atom. The first-order chi connectivity index (χ1) is 8.46. The molecule has 2 rings (SSSR count). The van der Waals surface area contributed by atoms with Gasteiger partial charge in [0, 0.05) is 24.8 Å². The van der Waals surface area contributed by atoms with Crippen molar-refractivity contribution in [2.75, 3.05) is 18.0 Å². The molecule has 0 spiro atoms. The van der Waals surface area contributed by atoms with Gasteiger partial charge in [-0.1, -0.05) is 12.1 Å². The number of nitrogens with two attached hydrogens (primary N) is 1. The molecule has 0 aromatic heterocycles. The van der Waals surface area contributed by atoms with Gasteiger partial charge in [0.25, 0.3) is 0 Å². The first-order valence-electron chi connectivity index (χ1n) is 6.13. The van der Waals surface area contributed by atoms with Crippen LogP contribution in [0.5, 0.6) is 0 Å². The Morgan fingerprint density at radius 1 is 1.11 bits per heavy atom. The van der Waals surface area contributed by atoms with Crippen molar-refractivity contribution in [3.05, 3.63) is 29.8 Å². The van der Waals surface area contributed by atoms with Gasteiger partial charge in [-0.25, -0.2) is 0 Å². The molecule has 0 aliphatic carbocycles. The number of hydrogen-bond acceptors (Lipinski definition) is 2. The van der Waals surface area contributed by atoms with E-state index >= 15 is 0 Å². The average molecular weight is 295 g/mol. The molecule has 1 atom stereocenters. The van der Waals surface area contributed by atoms with Crippen molar-refractivity contribution in [2.24, 2.45) is 5.73 Å². The maximum Gasteiger partial charge on any atom is 0.390 e. The highest BCUT2D eigenvalue weighted by molar-refractivity contribution is 5.85. The summed E-state index contributed by atoms with van der Waals surface area (Å²) in [4.78, 5) is 2.24. The number of benzene rings is 1. The standard InChI is InChI=1S/C13H17F3N2.ClH/c14-13(15,16)9-12(17)10-3-5-11(6-4-10)18-7-1-2-8-18;/h3-6,12H,1-2,7-9,17H2;1H/t12-;/m1./s1. The highest BCUT2D eigenvalue weighted by Crippen LogP contribution is 2.29. The van der Waals surface area contributed by atoms with Gasteiger partial charge in [-0.15, -0.1) is 12.4 Å². The van der Waals surface area contributed by atoms with E-state index in [9.17, 15) is 13.2 Å². The van der Waals surface area contributed by atoms with Gasteiger partial charge in [0.1, 0.15) is 0 Å². The van der Waals surface area contributed by atoms with Gasteiger partial charge in [-0.05, 0) is 30.5 Å². The predicted molar refractivity (Wildman–Crippen MR) is 72.7 cm³/mol. The summed E-state index contributed by atoms with van der Waals surface area (Å²) in [5, 5.41) is 0. The summed E-state index contributed by atoms with van der Waals surface area (Å²) in [6, 6.07) is 6.14. The molecule has 1 aliphatic rings. The molecule has 0 unspecified atom stereocenters. The molecule has 108 valence electrons. The zero-order chi connectivity index (χ0) is 13.2. The second-order valence-corrected chi connectivity index (χ2v) is 4.71. The third-order valence-corrected chi connectivity index (χ3v) is 3.24. The Labute approximate surface area is 117 Å². The maximum atomic E-state index is 12.2. The number of anilines is 1. The topological polar surface area (TPSA) is 29.3 Å². The Morgan fingerprint density at radius 2 is 1.63 bits per heavy atom. The molecule has 0 amide bonds. The molecule has 1 saturated heterocycles. The fourth-order valence-corrected chi connectivity index (χ4v) is 2.27. The van der Waals surface area contributed by atoms with Crippen molar-refractivity contribution >= 4 is 18.1 Å². The third-order valence-electron chi connectivity index (χ3n) is 3.24. The van der Waals surface area contributed by atoms with Gasteiger partial charge in [0.15, 0.2) is 0 Å². The molecule has 1 aromatic rings. The molecular weight excluding hydrogens is 277 g/mol. The molecular formula is C13H18ClF3N2. The summed E-state index contributed by atoms with van der Waals surface area (Å²) in [7, 11) is 0. The summed E-state index contributed by atoms with van der Waals surface area (Å²) in [6.07, 6.45) is -2.84. The smallest absolute Gasteiger partial charge is 0.372 e. The van der Waals surface area contributed by atoms with Crippen LogP contribution in [0.2, 0.25) is 0 Å². The highest BCUT2D eigenvalue weighted by atomic mass is 35.5. The lowest BCUT2D eigenvalue weighted by Crippen LogP contribution is -2.21. The molecule has 0 radical (unpaired) electrons. The van der Waals surface area contributed by atoms with Gasteiger partial charge >= 0.3 is 6.18 Å². The molecule has 6 heteroatoms. The van der Waals surface area contributed by atoms with Gasteiger partial charge in [-0.3, -0.25) is 0 Å². The molecule has 1 aromatic carbocycles. The molecule has 1 fully saturated rings. The molecule has 0 bridgehead atoms. The van der Waals surface area contributed by atoms with E-state index < -0.39 is 18.6 Å². The van der Waals surface area contributed by atoms with Crippen LogP contribution >= 0.6 is 12.4 Å². The van der Waals surface area contributed by atoms with Gasteiger partial charge < -0.3 is 10.6 Å². The number of rotatable bonds is 3. The first kappa shape index (κ1) is 16.1. The summed E-state index contributed by atoms with van der Waals surface area (Å²) in [5.41, 5.74) is 7.15. The minimum atomic E-state index is -4.22. The molecule has 19 heavy (non-hydrogen) atoms. The lowest BCUT2D eigenvalue weighted by atomic mass is 10.0. The lowest BCUT2D eigenvalue weighted by Gasteiger charge is -2.19. The van der Waals surface area contributed by atoms with E-state index in [4.69, 9.17) is 5.73 Å².